The Kier molecular flexibility index (Phi) is 6.82. The summed E-state index contributed by atoms with van der Waals surface area (Å²) in [6, 6.07) is 7.24. The predicted octanol–water partition coefficient (Wildman–Crippen LogP) is 3.04. The molecule has 1 aromatic rings. The van der Waals surface area contributed by atoms with E-state index in [0.717, 1.165) is 12.2 Å². The molecule has 0 aliphatic heterocycles. The first-order chi connectivity index (χ1) is 9.37. The van der Waals surface area contributed by atoms with Gasteiger partial charge in [-0.2, -0.15) is 0 Å². The van der Waals surface area contributed by atoms with Crippen molar-refractivity contribution in [3.8, 4) is 5.75 Å². The van der Waals surface area contributed by atoms with E-state index in [1.807, 2.05) is 32.9 Å². The highest BCUT2D eigenvalue weighted by Gasteiger charge is 2.15. The quantitative estimate of drug-likeness (QED) is 0.621. The Morgan fingerprint density at radius 1 is 1.25 bits per heavy atom. The number of esters is 1. The number of ether oxygens (including phenoxy) is 2. The first kappa shape index (κ1) is 16.8. The van der Waals surface area contributed by atoms with Gasteiger partial charge in [0.25, 0.3) is 0 Å². The van der Waals surface area contributed by atoms with Crippen molar-refractivity contribution in [1.82, 2.24) is 5.32 Å². The lowest BCUT2D eigenvalue weighted by Crippen LogP contribution is -2.32. The molecular formula is C15H22ClNO3. The highest BCUT2D eigenvalue weighted by Crippen LogP contribution is 2.15. The lowest BCUT2D eigenvalue weighted by Gasteiger charge is -2.19. The summed E-state index contributed by atoms with van der Waals surface area (Å²) in [7, 11) is 0. The smallest absolute Gasteiger partial charge is 0.320 e. The Morgan fingerprint density at radius 2 is 1.90 bits per heavy atom. The van der Waals surface area contributed by atoms with E-state index in [-0.39, 0.29) is 12.5 Å². The van der Waals surface area contributed by atoms with E-state index in [9.17, 15) is 4.79 Å². The monoisotopic (exact) mass is 299 g/mol. The van der Waals surface area contributed by atoms with Gasteiger partial charge in [0, 0.05) is 5.02 Å². The van der Waals surface area contributed by atoms with Gasteiger partial charge < -0.3 is 14.8 Å². The summed E-state index contributed by atoms with van der Waals surface area (Å²) in [6.07, 6.45) is 0.811. The van der Waals surface area contributed by atoms with Gasteiger partial charge in [-0.3, -0.25) is 4.79 Å². The molecule has 0 aliphatic rings. The summed E-state index contributed by atoms with van der Waals surface area (Å²) in [6.45, 7) is 7.06. The minimum Gasteiger partial charge on any atom is -0.494 e. The van der Waals surface area contributed by atoms with Crippen LogP contribution in [0.1, 0.15) is 27.2 Å². The van der Waals surface area contributed by atoms with Crippen LogP contribution in [0.15, 0.2) is 24.3 Å². The van der Waals surface area contributed by atoms with Gasteiger partial charge in [0.15, 0.2) is 0 Å². The van der Waals surface area contributed by atoms with Crippen LogP contribution in [0, 0.1) is 0 Å². The van der Waals surface area contributed by atoms with Crippen molar-refractivity contribution >= 4 is 17.6 Å². The lowest BCUT2D eigenvalue weighted by atomic mass is 10.2. The fraction of sp³-hybridized carbons (Fsp3) is 0.533. The third-order valence-corrected chi connectivity index (χ3v) is 2.52. The number of hydrogen-bond donors (Lipinski definition) is 1. The topological polar surface area (TPSA) is 47.6 Å². The third-order valence-electron chi connectivity index (χ3n) is 2.27. The number of rotatable bonds is 7. The van der Waals surface area contributed by atoms with Crippen LogP contribution in [0.25, 0.3) is 0 Å². The van der Waals surface area contributed by atoms with Crippen LogP contribution in [0.5, 0.6) is 5.75 Å². The molecule has 0 aromatic heterocycles. The van der Waals surface area contributed by atoms with Crippen molar-refractivity contribution in [3.63, 3.8) is 0 Å². The normalized spacial score (nSPS) is 11.2. The Labute approximate surface area is 125 Å². The second kappa shape index (κ2) is 8.12. The van der Waals surface area contributed by atoms with E-state index in [1.165, 1.54) is 0 Å². The third kappa shape index (κ3) is 8.02. The van der Waals surface area contributed by atoms with E-state index >= 15 is 0 Å². The second-order valence-electron chi connectivity index (χ2n) is 5.42. The van der Waals surface area contributed by atoms with Crippen LogP contribution >= 0.6 is 11.6 Å². The number of carbonyl (C=O) groups is 1. The molecule has 0 bridgehead atoms. The van der Waals surface area contributed by atoms with Crippen molar-refractivity contribution in [2.24, 2.45) is 0 Å². The van der Waals surface area contributed by atoms with Gasteiger partial charge in [0.2, 0.25) is 0 Å². The molecule has 5 heteroatoms. The maximum Gasteiger partial charge on any atom is 0.320 e. The highest BCUT2D eigenvalue weighted by atomic mass is 35.5. The summed E-state index contributed by atoms with van der Waals surface area (Å²) < 4.78 is 10.7. The second-order valence-corrected chi connectivity index (χ2v) is 5.86. The standard InChI is InChI=1S/C15H22ClNO3/c1-15(2,3)20-14(18)11-17-9-4-10-19-13-7-5-12(16)6-8-13/h5-8,17H,4,9-11H2,1-3H3. The van der Waals surface area contributed by atoms with Gasteiger partial charge in [-0.25, -0.2) is 0 Å². The summed E-state index contributed by atoms with van der Waals surface area (Å²) >= 11 is 5.78. The minimum atomic E-state index is -0.434. The van der Waals surface area contributed by atoms with E-state index < -0.39 is 5.60 Å². The van der Waals surface area contributed by atoms with Crippen molar-refractivity contribution in [1.29, 1.82) is 0 Å². The summed E-state index contributed by atoms with van der Waals surface area (Å²) in [5.74, 6) is 0.553. The van der Waals surface area contributed by atoms with Gasteiger partial charge in [-0.15, -0.1) is 0 Å². The van der Waals surface area contributed by atoms with Gasteiger partial charge in [0.1, 0.15) is 11.4 Å². The zero-order valence-electron chi connectivity index (χ0n) is 12.2. The van der Waals surface area contributed by atoms with Crippen molar-refractivity contribution in [2.75, 3.05) is 19.7 Å². The largest absolute Gasteiger partial charge is 0.494 e. The molecular weight excluding hydrogens is 278 g/mol. The average Bonchev–Trinajstić information content (AvgIpc) is 2.33. The molecule has 1 N–H and O–H groups in total. The fourth-order valence-electron chi connectivity index (χ4n) is 1.49. The summed E-state index contributed by atoms with van der Waals surface area (Å²) in [5.41, 5.74) is -0.434. The molecule has 0 spiro atoms. The average molecular weight is 300 g/mol. The number of halogens is 1. The predicted molar refractivity (Wildman–Crippen MR) is 80.3 cm³/mol. The molecule has 1 rings (SSSR count). The van der Waals surface area contributed by atoms with Crippen LogP contribution in [0.2, 0.25) is 5.02 Å². The number of hydrogen-bond acceptors (Lipinski definition) is 4. The molecule has 0 atom stereocenters. The van der Waals surface area contributed by atoms with E-state index in [0.29, 0.717) is 18.2 Å². The van der Waals surface area contributed by atoms with Crippen LogP contribution in [0.3, 0.4) is 0 Å². The number of carbonyl (C=O) groups excluding carboxylic acids is 1. The molecule has 0 saturated heterocycles. The van der Waals surface area contributed by atoms with Crippen LogP contribution in [-0.4, -0.2) is 31.3 Å². The summed E-state index contributed by atoms with van der Waals surface area (Å²) in [5, 5.41) is 3.72. The van der Waals surface area contributed by atoms with E-state index in [4.69, 9.17) is 21.1 Å². The molecule has 0 aliphatic carbocycles. The minimum absolute atomic E-state index is 0.220. The SMILES string of the molecule is CC(C)(C)OC(=O)CNCCCOc1ccc(Cl)cc1. The molecule has 4 nitrogen and oxygen atoms in total. The van der Waals surface area contributed by atoms with Gasteiger partial charge in [-0.1, -0.05) is 11.6 Å². The zero-order chi connectivity index (χ0) is 15.0. The van der Waals surface area contributed by atoms with Crippen LogP contribution in [-0.2, 0) is 9.53 Å². The molecule has 0 heterocycles. The Bertz CT molecular complexity index is 412. The van der Waals surface area contributed by atoms with Gasteiger partial charge >= 0.3 is 5.97 Å². The maximum absolute atomic E-state index is 11.4. The van der Waals surface area contributed by atoms with E-state index in [2.05, 4.69) is 5.32 Å². The number of nitrogens with one attached hydrogen (secondary N) is 1. The molecule has 0 saturated carbocycles. The van der Waals surface area contributed by atoms with Crippen molar-refractivity contribution in [3.05, 3.63) is 29.3 Å². The molecule has 0 unspecified atom stereocenters. The maximum atomic E-state index is 11.4. The zero-order valence-corrected chi connectivity index (χ0v) is 13.0. The Balaban J connectivity index is 2.05. The van der Waals surface area contributed by atoms with E-state index in [1.54, 1.807) is 12.1 Å². The molecule has 20 heavy (non-hydrogen) atoms. The highest BCUT2D eigenvalue weighted by molar-refractivity contribution is 6.30. The van der Waals surface area contributed by atoms with Crippen LogP contribution in [0.4, 0.5) is 0 Å². The molecule has 0 radical (unpaired) electrons. The van der Waals surface area contributed by atoms with Gasteiger partial charge in [-0.05, 0) is 58.0 Å². The molecule has 0 fully saturated rings. The summed E-state index contributed by atoms with van der Waals surface area (Å²) in [4.78, 5) is 11.4. The van der Waals surface area contributed by atoms with Crippen LogP contribution < -0.4 is 10.1 Å². The Hall–Kier alpha value is -1.26. The fourth-order valence-corrected chi connectivity index (χ4v) is 1.61. The molecule has 1 aromatic carbocycles. The first-order valence-electron chi connectivity index (χ1n) is 6.68. The van der Waals surface area contributed by atoms with Gasteiger partial charge in [0.05, 0.1) is 13.2 Å². The molecule has 0 amide bonds. The first-order valence-corrected chi connectivity index (χ1v) is 7.05. The number of benzene rings is 1. The van der Waals surface area contributed by atoms with Crippen molar-refractivity contribution < 1.29 is 14.3 Å². The Morgan fingerprint density at radius 3 is 2.50 bits per heavy atom. The van der Waals surface area contributed by atoms with Crippen molar-refractivity contribution in [2.45, 2.75) is 32.8 Å². The lowest BCUT2D eigenvalue weighted by molar-refractivity contribution is -0.153. The molecule has 112 valence electrons.